The van der Waals surface area contributed by atoms with Crippen molar-refractivity contribution < 1.29 is 13.3 Å². The third kappa shape index (κ3) is 4.15. The molecule has 0 radical (unpaired) electrons. The van der Waals surface area contributed by atoms with Crippen LogP contribution in [0.1, 0.15) is 20.3 Å². The molecular weight excluding hydrogens is 284 g/mol. The van der Waals surface area contributed by atoms with Gasteiger partial charge in [0.05, 0.1) is 10.6 Å². The Kier molecular flexibility index (Phi) is 5.43. The van der Waals surface area contributed by atoms with Crippen LogP contribution in [0.5, 0.6) is 0 Å². The summed E-state index contributed by atoms with van der Waals surface area (Å²) in [5.41, 5.74) is 2.02. The van der Waals surface area contributed by atoms with E-state index in [2.05, 4.69) is 10.1 Å². The summed E-state index contributed by atoms with van der Waals surface area (Å²) in [7, 11) is -3.85. The van der Waals surface area contributed by atoms with E-state index in [0.717, 1.165) is 6.07 Å². The molecule has 9 heteroatoms. The van der Waals surface area contributed by atoms with Gasteiger partial charge in [0.25, 0.3) is 5.69 Å². The highest BCUT2D eigenvalue weighted by atomic mass is 32.2. The van der Waals surface area contributed by atoms with Crippen LogP contribution >= 0.6 is 0 Å². The van der Waals surface area contributed by atoms with E-state index < -0.39 is 14.9 Å². The number of benzene rings is 1. The fourth-order valence-corrected chi connectivity index (χ4v) is 2.76. The first kappa shape index (κ1) is 16.3. The van der Waals surface area contributed by atoms with E-state index in [4.69, 9.17) is 5.84 Å². The van der Waals surface area contributed by atoms with Crippen LogP contribution < -0.4 is 16.0 Å². The molecule has 0 amide bonds. The lowest BCUT2D eigenvalue weighted by Crippen LogP contribution is -2.27. The summed E-state index contributed by atoms with van der Waals surface area (Å²) in [6.45, 7) is 4.19. The zero-order valence-electron chi connectivity index (χ0n) is 11.3. The SMILES string of the molecule is CC(C)CCNS(=O)(=O)c1cc([N+](=O)[O-])ccc1NN. The Morgan fingerprint density at radius 1 is 1.40 bits per heavy atom. The number of rotatable bonds is 7. The number of hydrazine groups is 1. The number of anilines is 1. The zero-order chi connectivity index (χ0) is 15.3. The molecule has 0 unspecified atom stereocenters. The minimum absolute atomic E-state index is 0.104. The number of sulfonamides is 1. The van der Waals surface area contributed by atoms with Gasteiger partial charge < -0.3 is 5.43 Å². The lowest BCUT2D eigenvalue weighted by atomic mass is 10.1. The predicted molar refractivity (Wildman–Crippen MR) is 75.6 cm³/mol. The van der Waals surface area contributed by atoms with Crippen molar-refractivity contribution in [2.75, 3.05) is 12.0 Å². The van der Waals surface area contributed by atoms with Gasteiger partial charge in [-0.3, -0.25) is 16.0 Å². The Balaban J connectivity index is 3.08. The van der Waals surface area contributed by atoms with Crippen LogP contribution in [0.3, 0.4) is 0 Å². The van der Waals surface area contributed by atoms with Crippen LogP contribution in [-0.2, 0) is 10.0 Å². The Labute approximate surface area is 117 Å². The molecule has 4 N–H and O–H groups in total. The number of nitrogens with one attached hydrogen (secondary N) is 2. The largest absolute Gasteiger partial charge is 0.323 e. The van der Waals surface area contributed by atoms with Crippen molar-refractivity contribution in [1.82, 2.24) is 4.72 Å². The number of hydrogen-bond acceptors (Lipinski definition) is 6. The highest BCUT2D eigenvalue weighted by Gasteiger charge is 2.21. The second-order valence-corrected chi connectivity index (χ2v) is 6.40. The molecule has 0 atom stereocenters. The Morgan fingerprint density at radius 3 is 2.55 bits per heavy atom. The van der Waals surface area contributed by atoms with Crippen molar-refractivity contribution in [3.8, 4) is 0 Å². The molecule has 1 rings (SSSR count). The number of nitro groups is 1. The quantitative estimate of drug-likeness (QED) is 0.394. The second kappa shape index (κ2) is 6.64. The monoisotopic (exact) mass is 302 g/mol. The summed E-state index contributed by atoms with van der Waals surface area (Å²) in [4.78, 5) is 9.82. The van der Waals surface area contributed by atoms with Crippen molar-refractivity contribution in [3.63, 3.8) is 0 Å². The van der Waals surface area contributed by atoms with E-state index in [1.807, 2.05) is 13.8 Å². The molecule has 0 aliphatic carbocycles. The van der Waals surface area contributed by atoms with E-state index in [0.29, 0.717) is 12.3 Å². The normalized spacial score (nSPS) is 11.6. The zero-order valence-corrected chi connectivity index (χ0v) is 12.1. The summed E-state index contributed by atoms with van der Waals surface area (Å²) < 4.78 is 26.7. The molecule has 1 aromatic carbocycles. The molecule has 0 aliphatic heterocycles. The molecule has 112 valence electrons. The van der Waals surface area contributed by atoms with Crippen LogP contribution in [-0.4, -0.2) is 19.9 Å². The molecule has 0 saturated carbocycles. The molecule has 8 nitrogen and oxygen atoms in total. The Bertz CT molecular complexity index is 586. The van der Waals surface area contributed by atoms with Gasteiger partial charge >= 0.3 is 0 Å². The summed E-state index contributed by atoms with van der Waals surface area (Å²) in [5, 5.41) is 10.7. The van der Waals surface area contributed by atoms with Crippen molar-refractivity contribution in [3.05, 3.63) is 28.3 Å². The average molecular weight is 302 g/mol. The van der Waals surface area contributed by atoms with Gasteiger partial charge in [-0.25, -0.2) is 13.1 Å². The third-order valence-electron chi connectivity index (χ3n) is 2.63. The average Bonchev–Trinajstić information content (AvgIpc) is 2.37. The maximum atomic E-state index is 12.1. The summed E-state index contributed by atoms with van der Waals surface area (Å²) in [6, 6.07) is 3.42. The van der Waals surface area contributed by atoms with Gasteiger partial charge in [0.2, 0.25) is 10.0 Å². The van der Waals surface area contributed by atoms with E-state index in [1.54, 1.807) is 0 Å². The molecule has 20 heavy (non-hydrogen) atoms. The van der Waals surface area contributed by atoms with Gasteiger partial charge in [0.15, 0.2) is 0 Å². The van der Waals surface area contributed by atoms with Crippen molar-refractivity contribution in [2.24, 2.45) is 11.8 Å². The van der Waals surface area contributed by atoms with Gasteiger partial charge in [-0.2, -0.15) is 0 Å². The predicted octanol–water partition coefficient (Wildman–Crippen LogP) is 1.20. The van der Waals surface area contributed by atoms with Gasteiger partial charge in [-0.15, -0.1) is 0 Å². The van der Waals surface area contributed by atoms with Crippen LogP contribution in [0.15, 0.2) is 23.1 Å². The maximum Gasteiger partial charge on any atom is 0.270 e. The molecule has 0 heterocycles. The number of nitro benzene ring substituents is 1. The maximum absolute atomic E-state index is 12.1. The highest BCUT2D eigenvalue weighted by molar-refractivity contribution is 7.89. The van der Waals surface area contributed by atoms with E-state index in [9.17, 15) is 18.5 Å². The van der Waals surface area contributed by atoms with Crippen LogP contribution in [0.4, 0.5) is 11.4 Å². The molecule has 0 aromatic heterocycles. The Morgan fingerprint density at radius 2 is 2.05 bits per heavy atom. The molecule has 0 fully saturated rings. The first-order valence-corrected chi connectivity index (χ1v) is 7.51. The summed E-state index contributed by atoms with van der Waals surface area (Å²) in [5.74, 6) is 5.58. The van der Waals surface area contributed by atoms with Crippen molar-refractivity contribution in [1.29, 1.82) is 0 Å². The van der Waals surface area contributed by atoms with E-state index in [-0.39, 0.29) is 22.8 Å². The summed E-state index contributed by atoms with van der Waals surface area (Å²) >= 11 is 0. The second-order valence-electron chi connectivity index (χ2n) is 4.66. The molecule has 0 bridgehead atoms. The van der Waals surface area contributed by atoms with Crippen molar-refractivity contribution >= 4 is 21.4 Å². The number of nitrogen functional groups attached to an aromatic ring is 1. The topological polar surface area (TPSA) is 127 Å². The van der Waals surface area contributed by atoms with E-state index in [1.165, 1.54) is 12.1 Å². The van der Waals surface area contributed by atoms with Crippen LogP contribution in [0.25, 0.3) is 0 Å². The molecule has 0 aliphatic rings. The fourth-order valence-electron chi connectivity index (χ4n) is 1.53. The lowest BCUT2D eigenvalue weighted by Gasteiger charge is -2.11. The first-order chi connectivity index (χ1) is 9.27. The van der Waals surface area contributed by atoms with Crippen LogP contribution in [0, 0.1) is 16.0 Å². The minimum Gasteiger partial charge on any atom is -0.323 e. The number of hydrogen-bond donors (Lipinski definition) is 3. The summed E-state index contributed by atoms with van der Waals surface area (Å²) in [6.07, 6.45) is 0.666. The Hall–Kier alpha value is -1.71. The first-order valence-electron chi connectivity index (χ1n) is 6.02. The van der Waals surface area contributed by atoms with E-state index >= 15 is 0 Å². The van der Waals surface area contributed by atoms with Gasteiger partial charge in [0.1, 0.15) is 4.90 Å². The van der Waals surface area contributed by atoms with Gasteiger partial charge in [0, 0.05) is 18.7 Å². The number of nitrogens with two attached hydrogens (primary N) is 1. The standard InChI is InChI=1S/C11H18N4O4S/c1-8(2)5-6-13-20(18,19)11-7-9(15(16)17)3-4-10(11)14-12/h3-4,7-8,13-14H,5-6,12H2,1-2H3. The number of nitrogens with zero attached hydrogens (tertiary/aromatic N) is 1. The lowest BCUT2D eigenvalue weighted by molar-refractivity contribution is -0.385. The highest BCUT2D eigenvalue weighted by Crippen LogP contribution is 2.25. The number of non-ortho nitro benzene ring substituents is 1. The molecule has 0 spiro atoms. The van der Waals surface area contributed by atoms with Gasteiger partial charge in [-0.1, -0.05) is 13.8 Å². The van der Waals surface area contributed by atoms with Gasteiger partial charge in [-0.05, 0) is 18.4 Å². The van der Waals surface area contributed by atoms with Crippen molar-refractivity contribution in [2.45, 2.75) is 25.2 Å². The fraction of sp³-hybridized carbons (Fsp3) is 0.455. The molecular formula is C11H18N4O4S. The molecule has 1 aromatic rings. The minimum atomic E-state index is -3.85. The molecule has 0 saturated heterocycles. The smallest absolute Gasteiger partial charge is 0.270 e. The van der Waals surface area contributed by atoms with Crippen LogP contribution in [0.2, 0.25) is 0 Å². The third-order valence-corrected chi connectivity index (χ3v) is 4.14.